The van der Waals surface area contributed by atoms with Gasteiger partial charge in [-0.15, -0.1) is 0 Å². The molecule has 1 atom stereocenters. The molecule has 0 aliphatic rings. The van der Waals surface area contributed by atoms with Crippen molar-refractivity contribution in [1.82, 2.24) is 5.16 Å². The number of aromatic nitrogens is 1. The number of hydrogen-bond donors (Lipinski definition) is 1. The van der Waals surface area contributed by atoms with Crippen molar-refractivity contribution < 1.29 is 13.7 Å². The Kier molecular flexibility index (Phi) is 2.82. The first-order valence-corrected chi connectivity index (χ1v) is 4.60. The maximum atomic E-state index is 12.1. The van der Waals surface area contributed by atoms with Crippen LogP contribution in [0.25, 0.3) is 11.0 Å². The third kappa shape index (κ3) is 2.07. The summed E-state index contributed by atoms with van der Waals surface area (Å²) in [6, 6.07) is 6.67. The van der Waals surface area contributed by atoms with E-state index in [1.807, 2.05) is 18.2 Å². The SMILES string of the molecule is NC(CF)COc1noc2ccccc12. The van der Waals surface area contributed by atoms with Gasteiger partial charge in [0.2, 0.25) is 0 Å². The third-order valence-electron chi connectivity index (χ3n) is 1.98. The predicted octanol–water partition coefficient (Wildman–Crippen LogP) is 1.50. The van der Waals surface area contributed by atoms with E-state index in [1.165, 1.54) is 0 Å². The molecule has 0 fully saturated rings. The first-order chi connectivity index (χ1) is 7.31. The molecular formula is C10H11FN2O2. The van der Waals surface area contributed by atoms with Gasteiger partial charge in [-0.1, -0.05) is 12.1 Å². The van der Waals surface area contributed by atoms with Crippen LogP contribution >= 0.6 is 0 Å². The number of nitrogens with two attached hydrogens (primary N) is 1. The Labute approximate surface area is 85.8 Å². The quantitative estimate of drug-likeness (QED) is 0.830. The number of ether oxygens (including phenoxy) is 1. The highest BCUT2D eigenvalue weighted by Crippen LogP contribution is 2.23. The van der Waals surface area contributed by atoms with Crippen LogP contribution in [0.4, 0.5) is 4.39 Å². The molecule has 2 rings (SSSR count). The lowest BCUT2D eigenvalue weighted by Gasteiger charge is -2.06. The van der Waals surface area contributed by atoms with Crippen molar-refractivity contribution in [2.24, 2.45) is 5.73 Å². The minimum absolute atomic E-state index is 0.0903. The average molecular weight is 210 g/mol. The van der Waals surface area contributed by atoms with Crippen LogP contribution in [-0.4, -0.2) is 24.5 Å². The number of fused-ring (bicyclic) bond motifs is 1. The summed E-state index contributed by atoms with van der Waals surface area (Å²) in [5, 5.41) is 4.49. The topological polar surface area (TPSA) is 61.3 Å². The van der Waals surface area contributed by atoms with E-state index >= 15 is 0 Å². The van der Waals surface area contributed by atoms with Crippen LogP contribution in [-0.2, 0) is 0 Å². The molecule has 1 heterocycles. The molecule has 0 radical (unpaired) electrons. The van der Waals surface area contributed by atoms with Crippen molar-refractivity contribution in [3.63, 3.8) is 0 Å². The molecule has 0 amide bonds. The second-order valence-electron chi connectivity index (χ2n) is 3.21. The fraction of sp³-hybridized carbons (Fsp3) is 0.300. The molecule has 2 N–H and O–H groups in total. The monoisotopic (exact) mass is 210 g/mol. The number of benzene rings is 1. The fourth-order valence-corrected chi connectivity index (χ4v) is 1.20. The molecule has 0 saturated carbocycles. The smallest absolute Gasteiger partial charge is 0.262 e. The molecule has 80 valence electrons. The predicted molar refractivity (Wildman–Crippen MR) is 53.5 cm³/mol. The van der Waals surface area contributed by atoms with Crippen LogP contribution in [0.2, 0.25) is 0 Å². The Balaban J connectivity index is 2.14. The van der Waals surface area contributed by atoms with Gasteiger partial charge in [0.15, 0.2) is 5.58 Å². The lowest BCUT2D eigenvalue weighted by Crippen LogP contribution is -2.29. The summed E-state index contributed by atoms with van der Waals surface area (Å²) in [5.74, 6) is 0.356. The van der Waals surface area contributed by atoms with Gasteiger partial charge in [0.05, 0.1) is 11.4 Å². The molecule has 5 heteroatoms. The number of hydrogen-bond acceptors (Lipinski definition) is 4. The zero-order valence-electron chi connectivity index (χ0n) is 8.02. The van der Waals surface area contributed by atoms with Gasteiger partial charge in [0.1, 0.15) is 13.3 Å². The number of para-hydroxylation sites is 1. The molecule has 1 aromatic heterocycles. The highest BCUT2D eigenvalue weighted by atomic mass is 19.1. The molecule has 0 bridgehead atoms. The third-order valence-corrected chi connectivity index (χ3v) is 1.98. The Morgan fingerprint density at radius 1 is 1.47 bits per heavy atom. The van der Waals surface area contributed by atoms with E-state index in [0.717, 1.165) is 5.39 Å². The molecular weight excluding hydrogens is 199 g/mol. The summed E-state index contributed by atoms with van der Waals surface area (Å²) in [6.45, 7) is -0.525. The Hall–Kier alpha value is -1.62. The zero-order chi connectivity index (χ0) is 10.7. The highest BCUT2D eigenvalue weighted by Gasteiger charge is 2.10. The van der Waals surface area contributed by atoms with E-state index in [-0.39, 0.29) is 6.61 Å². The normalized spacial score (nSPS) is 12.9. The summed E-state index contributed by atoms with van der Waals surface area (Å²) < 4.78 is 22.3. The Morgan fingerprint density at radius 2 is 2.27 bits per heavy atom. The molecule has 2 aromatic rings. The lowest BCUT2D eigenvalue weighted by atomic mass is 10.3. The largest absolute Gasteiger partial charge is 0.473 e. The van der Waals surface area contributed by atoms with E-state index in [2.05, 4.69) is 5.16 Å². The first-order valence-electron chi connectivity index (χ1n) is 4.60. The number of halogens is 1. The van der Waals surface area contributed by atoms with Crippen molar-refractivity contribution >= 4 is 11.0 Å². The van der Waals surface area contributed by atoms with Crippen molar-refractivity contribution in [2.45, 2.75) is 6.04 Å². The number of rotatable bonds is 4. The summed E-state index contributed by atoms with van der Waals surface area (Å²) >= 11 is 0. The van der Waals surface area contributed by atoms with Crippen LogP contribution in [0.3, 0.4) is 0 Å². The van der Waals surface area contributed by atoms with Gasteiger partial charge in [-0.2, -0.15) is 0 Å². The van der Waals surface area contributed by atoms with Crippen molar-refractivity contribution in [2.75, 3.05) is 13.3 Å². The van der Waals surface area contributed by atoms with Crippen molar-refractivity contribution in [1.29, 1.82) is 0 Å². The van der Waals surface area contributed by atoms with Crippen LogP contribution in [0, 0.1) is 0 Å². The van der Waals surface area contributed by atoms with E-state index in [0.29, 0.717) is 11.5 Å². The zero-order valence-corrected chi connectivity index (χ0v) is 8.02. The van der Waals surface area contributed by atoms with E-state index in [9.17, 15) is 4.39 Å². The van der Waals surface area contributed by atoms with E-state index in [4.69, 9.17) is 15.0 Å². The summed E-state index contributed by atoms with van der Waals surface area (Å²) in [5.41, 5.74) is 6.02. The van der Waals surface area contributed by atoms with Crippen LogP contribution in [0.15, 0.2) is 28.8 Å². The van der Waals surface area contributed by atoms with Crippen LogP contribution in [0.1, 0.15) is 0 Å². The van der Waals surface area contributed by atoms with Crippen LogP contribution in [0.5, 0.6) is 5.88 Å². The molecule has 1 aromatic carbocycles. The molecule has 0 saturated heterocycles. The summed E-state index contributed by atoms with van der Waals surface area (Å²) in [6.07, 6.45) is 0. The Bertz CT molecular complexity index is 444. The summed E-state index contributed by atoms with van der Waals surface area (Å²) in [7, 11) is 0. The molecule has 1 unspecified atom stereocenters. The molecule has 4 nitrogen and oxygen atoms in total. The molecule has 0 aliphatic carbocycles. The van der Waals surface area contributed by atoms with Gasteiger partial charge in [0, 0.05) is 0 Å². The minimum atomic E-state index is -0.625. The van der Waals surface area contributed by atoms with Crippen molar-refractivity contribution in [3.8, 4) is 5.88 Å². The van der Waals surface area contributed by atoms with Crippen molar-refractivity contribution in [3.05, 3.63) is 24.3 Å². The number of nitrogens with zero attached hydrogens (tertiary/aromatic N) is 1. The van der Waals surface area contributed by atoms with E-state index < -0.39 is 12.7 Å². The highest BCUT2D eigenvalue weighted by molar-refractivity contribution is 5.81. The standard InChI is InChI=1S/C10H11FN2O2/c11-5-7(12)6-14-10-8-3-1-2-4-9(8)15-13-10/h1-4,7H,5-6,12H2. The van der Waals surface area contributed by atoms with Gasteiger partial charge in [-0.05, 0) is 17.3 Å². The van der Waals surface area contributed by atoms with Gasteiger partial charge in [-0.25, -0.2) is 4.39 Å². The van der Waals surface area contributed by atoms with Gasteiger partial charge in [0.25, 0.3) is 5.88 Å². The Morgan fingerprint density at radius 3 is 3.07 bits per heavy atom. The minimum Gasteiger partial charge on any atom is -0.473 e. The lowest BCUT2D eigenvalue weighted by molar-refractivity contribution is 0.243. The maximum absolute atomic E-state index is 12.1. The molecule has 0 aliphatic heterocycles. The van der Waals surface area contributed by atoms with Gasteiger partial charge in [-0.3, -0.25) is 0 Å². The first kappa shape index (κ1) is 9.92. The summed E-state index contributed by atoms with van der Waals surface area (Å²) in [4.78, 5) is 0. The average Bonchev–Trinajstić information content (AvgIpc) is 2.69. The van der Waals surface area contributed by atoms with Gasteiger partial charge >= 0.3 is 0 Å². The second-order valence-corrected chi connectivity index (χ2v) is 3.21. The van der Waals surface area contributed by atoms with Gasteiger partial charge < -0.3 is 15.0 Å². The van der Waals surface area contributed by atoms with E-state index in [1.54, 1.807) is 6.07 Å². The maximum Gasteiger partial charge on any atom is 0.262 e. The second kappa shape index (κ2) is 4.27. The van der Waals surface area contributed by atoms with Crippen LogP contribution < -0.4 is 10.5 Å². The number of alkyl halides is 1. The molecule has 15 heavy (non-hydrogen) atoms. The fourth-order valence-electron chi connectivity index (χ4n) is 1.20. The molecule has 0 spiro atoms.